The van der Waals surface area contributed by atoms with Crippen LogP contribution in [0.25, 0.3) is 22.9 Å². The first-order valence-corrected chi connectivity index (χ1v) is 9.56. The Kier molecular flexibility index (Phi) is 7.45. The lowest BCUT2D eigenvalue weighted by Gasteiger charge is -2.17. The second-order valence-electron chi connectivity index (χ2n) is 6.46. The first kappa shape index (κ1) is 22.8. The first-order valence-electron chi connectivity index (χ1n) is 9.56. The summed E-state index contributed by atoms with van der Waals surface area (Å²) in [6.07, 6.45) is 1.54. The van der Waals surface area contributed by atoms with E-state index in [1.807, 2.05) is 0 Å². The minimum atomic E-state index is -0.267. The molecular weight excluding hydrogens is 422 g/mol. The third-order valence-electron chi connectivity index (χ3n) is 4.23. The van der Waals surface area contributed by atoms with Gasteiger partial charge in [-0.15, -0.1) is 20.4 Å². The molecular formula is C17H23N11O4. The predicted octanol–water partition coefficient (Wildman–Crippen LogP) is -1.35. The van der Waals surface area contributed by atoms with Gasteiger partial charge in [0.25, 0.3) is 0 Å². The van der Waals surface area contributed by atoms with Crippen molar-refractivity contribution >= 4 is 11.8 Å². The molecule has 0 spiro atoms. The lowest BCUT2D eigenvalue weighted by Crippen LogP contribution is -2.43. The van der Waals surface area contributed by atoms with Gasteiger partial charge in [0.1, 0.15) is 5.69 Å². The summed E-state index contributed by atoms with van der Waals surface area (Å²) in [5.41, 5.74) is 0.971. The van der Waals surface area contributed by atoms with Crippen molar-refractivity contribution in [2.75, 3.05) is 50.5 Å². The molecule has 0 bridgehead atoms. The maximum Gasteiger partial charge on any atom is 0.240 e. The van der Waals surface area contributed by atoms with Crippen LogP contribution >= 0.6 is 0 Å². The normalized spacial score (nSPS) is 10.9. The summed E-state index contributed by atoms with van der Waals surface area (Å²) in [5.74, 6) is -0.0497. The van der Waals surface area contributed by atoms with Crippen molar-refractivity contribution in [2.24, 2.45) is 0 Å². The molecule has 3 rings (SSSR count). The molecule has 0 saturated carbocycles. The number of pyridine rings is 1. The maximum atomic E-state index is 11.9. The molecule has 0 unspecified atom stereocenters. The van der Waals surface area contributed by atoms with Gasteiger partial charge in [0.15, 0.2) is 0 Å². The molecule has 0 fully saturated rings. The minimum absolute atomic E-state index is 0.202. The Labute approximate surface area is 182 Å². The molecule has 3 aromatic heterocycles. The monoisotopic (exact) mass is 445 g/mol. The van der Waals surface area contributed by atoms with Crippen molar-refractivity contribution in [3.63, 3.8) is 0 Å². The Hall–Kier alpha value is -3.85. The van der Waals surface area contributed by atoms with E-state index in [4.69, 9.17) is 9.47 Å². The van der Waals surface area contributed by atoms with Crippen molar-refractivity contribution in [1.82, 2.24) is 45.6 Å². The summed E-state index contributed by atoms with van der Waals surface area (Å²) >= 11 is 0. The van der Waals surface area contributed by atoms with Gasteiger partial charge in [0, 0.05) is 39.8 Å². The quantitative estimate of drug-likeness (QED) is 0.363. The van der Waals surface area contributed by atoms with Crippen molar-refractivity contribution in [2.45, 2.75) is 13.8 Å². The van der Waals surface area contributed by atoms with Crippen LogP contribution in [-0.2, 0) is 19.1 Å². The number of tetrazole rings is 2. The zero-order valence-electron chi connectivity index (χ0n) is 18.1. The third-order valence-corrected chi connectivity index (χ3v) is 4.23. The molecule has 15 nitrogen and oxygen atoms in total. The topological polar surface area (TPSA) is 159 Å². The van der Waals surface area contributed by atoms with Crippen LogP contribution < -0.4 is 10.0 Å². The summed E-state index contributed by atoms with van der Waals surface area (Å²) < 4.78 is 10.0. The number of hydrogen-bond donors (Lipinski definition) is 0. The highest BCUT2D eigenvalue weighted by molar-refractivity contribution is 5.83. The highest BCUT2D eigenvalue weighted by atomic mass is 16.5. The van der Waals surface area contributed by atoms with Crippen molar-refractivity contribution in [1.29, 1.82) is 0 Å². The fraction of sp³-hybridized carbons (Fsp3) is 0.471. The van der Waals surface area contributed by atoms with Gasteiger partial charge in [0.2, 0.25) is 23.5 Å². The van der Waals surface area contributed by atoms with E-state index in [9.17, 15) is 9.59 Å². The standard InChI is InChI=1S/C17H23N11O4/c1-12(29)25(7-9-31-3)27-21-16(19-23-27)14-5-6-18-15(11-14)17-20-24-28(22-17)26(13(2)30)8-10-32-4/h5-6,11H,7-10H2,1-4H3. The largest absolute Gasteiger partial charge is 0.383 e. The van der Waals surface area contributed by atoms with E-state index in [1.165, 1.54) is 44.3 Å². The van der Waals surface area contributed by atoms with E-state index < -0.39 is 0 Å². The average Bonchev–Trinajstić information content (AvgIpc) is 3.45. The lowest BCUT2D eigenvalue weighted by atomic mass is 10.2. The molecule has 15 heteroatoms. The van der Waals surface area contributed by atoms with Gasteiger partial charge in [0.05, 0.1) is 26.3 Å². The highest BCUT2D eigenvalue weighted by Crippen LogP contribution is 2.19. The number of carbonyl (C=O) groups is 2. The minimum Gasteiger partial charge on any atom is -0.383 e. The molecule has 0 N–H and O–H groups in total. The van der Waals surface area contributed by atoms with Gasteiger partial charge < -0.3 is 9.47 Å². The number of carbonyl (C=O) groups excluding carboxylic acids is 2. The van der Waals surface area contributed by atoms with E-state index in [1.54, 1.807) is 12.1 Å². The number of nitrogens with zero attached hydrogens (tertiary/aromatic N) is 11. The highest BCUT2D eigenvalue weighted by Gasteiger charge is 2.18. The van der Waals surface area contributed by atoms with E-state index >= 15 is 0 Å². The van der Waals surface area contributed by atoms with E-state index in [0.717, 1.165) is 9.81 Å². The van der Waals surface area contributed by atoms with Gasteiger partial charge in [-0.05, 0) is 22.6 Å². The van der Waals surface area contributed by atoms with Crippen LogP contribution in [0.3, 0.4) is 0 Å². The average molecular weight is 445 g/mol. The van der Waals surface area contributed by atoms with Crippen molar-refractivity contribution in [3.8, 4) is 22.9 Å². The van der Waals surface area contributed by atoms with Gasteiger partial charge in [-0.2, -0.15) is 0 Å². The predicted molar refractivity (Wildman–Crippen MR) is 109 cm³/mol. The smallest absolute Gasteiger partial charge is 0.240 e. The molecule has 3 aromatic rings. The van der Waals surface area contributed by atoms with E-state index in [0.29, 0.717) is 24.5 Å². The summed E-state index contributed by atoms with van der Waals surface area (Å²) in [5, 5.41) is 26.9. The Balaban J connectivity index is 1.84. The Morgan fingerprint density at radius 1 is 0.906 bits per heavy atom. The maximum absolute atomic E-state index is 11.9. The van der Waals surface area contributed by atoms with Crippen LogP contribution in [0.2, 0.25) is 0 Å². The molecule has 0 aliphatic heterocycles. The number of hydrogen-bond acceptors (Lipinski definition) is 11. The number of amides is 2. The second kappa shape index (κ2) is 10.5. The summed E-state index contributed by atoms with van der Waals surface area (Å²) in [6, 6.07) is 3.34. The summed E-state index contributed by atoms with van der Waals surface area (Å²) in [4.78, 5) is 30.2. The SMILES string of the molecule is COCCN(C(C)=O)n1nnc(-c2ccnc(-c3nnn(N(CCOC)C(C)=O)n3)c2)n1. The molecule has 0 aliphatic rings. The third kappa shape index (κ3) is 5.25. The van der Waals surface area contributed by atoms with Crippen LogP contribution in [0.1, 0.15) is 13.8 Å². The van der Waals surface area contributed by atoms with Crippen LogP contribution in [0.15, 0.2) is 18.3 Å². The van der Waals surface area contributed by atoms with Gasteiger partial charge in [-0.1, -0.05) is 9.81 Å². The summed E-state index contributed by atoms with van der Waals surface area (Å²) in [7, 11) is 3.07. The van der Waals surface area contributed by atoms with Crippen LogP contribution in [-0.4, -0.2) is 98.0 Å². The molecule has 170 valence electrons. The van der Waals surface area contributed by atoms with Gasteiger partial charge >= 0.3 is 0 Å². The zero-order chi connectivity index (χ0) is 23.1. The van der Waals surface area contributed by atoms with Crippen molar-refractivity contribution in [3.05, 3.63) is 18.3 Å². The van der Waals surface area contributed by atoms with Crippen molar-refractivity contribution < 1.29 is 19.1 Å². The molecule has 0 aromatic carbocycles. The van der Waals surface area contributed by atoms with Crippen LogP contribution in [0, 0.1) is 0 Å². The molecule has 0 radical (unpaired) electrons. The molecule has 0 aliphatic carbocycles. The van der Waals surface area contributed by atoms with E-state index in [-0.39, 0.29) is 36.6 Å². The number of rotatable bonds is 10. The Morgan fingerprint density at radius 3 is 1.97 bits per heavy atom. The lowest BCUT2D eigenvalue weighted by molar-refractivity contribution is -0.119. The number of aromatic nitrogens is 9. The molecule has 3 heterocycles. The molecule has 0 saturated heterocycles. The Bertz CT molecular complexity index is 987. The second-order valence-corrected chi connectivity index (χ2v) is 6.46. The van der Waals surface area contributed by atoms with Gasteiger partial charge in [-0.25, -0.2) is 10.0 Å². The van der Waals surface area contributed by atoms with Crippen LogP contribution in [0.5, 0.6) is 0 Å². The van der Waals surface area contributed by atoms with Gasteiger partial charge in [-0.3, -0.25) is 14.6 Å². The fourth-order valence-corrected chi connectivity index (χ4v) is 2.63. The molecule has 0 atom stereocenters. The molecule has 32 heavy (non-hydrogen) atoms. The van der Waals surface area contributed by atoms with Crippen LogP contribution in [0.4, 0.5) is 0 Å². The molecule has 2 amide bonds. The Morgan fingerprint density at radius 2 is 1.44 bits per heavy atom. The fourth-order valence-electron chi connectivity index (χ4n) is 2.63. The first-order chi connectivity index (χ1) is 15.4. The zero-order valence-corrected chi connectivity index (χ0v) is 18.1. The summed E-state index contributed by atoms with van der Waals surface area (Å²) in [6.45, 7) is 3.95. The van der Waals surface area contributed by atoms with E-state index in [2.05, 4.69) is 35.8 Å². The number of ether oxygens (including phenoxy) is 2. The number of methoxy groups -OCH3 is 2.